The molecule has 3 aromatic rings. The Balaban J connectivity index is 1.99. The van der Waals surface area contributed by atoms with Crippen molar-refractivity contribution in [2.45, 2.75) is 25.7 Å². The van der Waals surface area contributed by atoms with Gasteiger partial charge in [0.05, 0.1) is 22.9 Å². The van der Waals surface area contributed by atoms with Crippen LogP contribution in [0.15, 0.2) is 66.1 Å². The molecule has 0 amide bonds. The topological polar surface area (TPSA) is 76.9 Å². The lowest BCUT2D eigenvalue weighted by Crippen LogP contribution is -2.22. The van der Waals surface area contributed by atoms with E-state index in [2.05, 4.69) is 13.0 Å². The molecule has 2 heterocycles. The predicted octanol–water partition coefficient (Wildman–Crippen LogP) is 4.70. The molecule has 0 saturated carbocycles. The Hall–Kier alpha value is -3.23. The second-order valence-electron chi connectivity index (χ2n) is 6.64. The summed E-state index contributed by atoms with van der Waals surface area (Å²) >= 11 is 6.24. The van der Waals surface area contributed by atoms with Gasteiger partial charge in [-0.15, -0.1) is 0 Å². The third-order valence-corrected chi connectivity index (χ3v) is 5.03. The molecular formula is C22H19ClN4O. The quantitative estimate of drug-likeness (QED) is 0.700. The maximum Gasteiger partial charge on any atom is 0.229 e. The average Bonchev–Trinajstić information content (AvgIpc) is 3.05. The molecule has 1 aliphatic heterocycles. The molecule has 0 aliphatic carbocycles. The number of hydrogen-bond donors (Lipinski definition) is 1. The molecule has 1 aliphatic rings. The number of aromatic nitrogens is 2. The highest BCUT2D eigenvalue weighted by molar-refractivity contribution is 6.30. The summed E-state index contributed by atoms with van der Waals surface area (Å²) in [6.07, 6.45) is 1.68. The van der Waals surface area contributed by atoms with E-state index in [1.165, 1.54) is 0 Å². The molecule has 1 aromatic heterocycles. The Labute approximate surface area is 168 Å². The summed E-state index contributed by atoms with van der Waals surface area (Å²) in [4.78, 5) is 0. The molecule has 4 rings (SSSR count). The summed E-state index contributed by atoms with van der Waals surface area (Å²) in [5, 5.41) is 15.2. The molecule has 6 heteroatoms. The molecule has 0 unspecified atom stereocenters. The minimum absolute atomic E-state index is 0.0973. The van der Waals surface area contributed by atoms with Crippen LogP contribution in [0.5, 0.6) is 5.88 Å². The van der Waals surface area contributed by atoms with E-state index < -0.39 is 0 Å². The Bertz CT molecular complexity index is 1100. The van der Waals surface area contributed by atoms with Crippen LogP contribution in [0.1, 0.15) is 36.1 Å². The summed E-state index contributed by atoms with van der Waals surface area (Å²) < 4.78 is 7.70. The Morgan fingerprint density at radius 2 is 2.00 bits per heavy atom. The zero-order valence-electron chi connectivity index (χ0n) is 15.4. The number of aryl methyl sites for hydroxylation is 1. The van der Waals surface area contributed by atoms with E-state index in [-0.39, 0.29) is 11.8 Å². The van der Waals surface area contributed by atoms with Gasteiger partial charge in [0.25, 0.3) is 0 Å². The number of ether oxygens (including phenoxy) is 1. The SMILES string of the molecule is CCCc1nn(-c2ccccc2)c2c1[C@H](c1cccc(Cl)c1)C(C#N)=C(N)O2. The van der Waals surface area contributed by atoms with Crippen LogP contribution in [0.3, 0.4) is 0 Å². The summed E-state index contributed by atoms with van der Waals surface area (Å²) in [6.45, 7) is 2.10. The standard InChI is InChI=1S/C22H19ClN4O/c1-2-7-18-20-19(14-8-6-9-15(23)12-14)17(13-24)21(25)28-22(20)27(26-18)16-10-4-3-5-11-16/h3-6,8-12,19H,2,7,25H2,1H3/t19-/m1/s1. The smallest absolute Gasteiger partial charge is 0.229 e. The fourth-order valence-electron chi connectivity index (χ4n) is 3.60. The highest BCUT2D eigenvalue weighted by atomic mass is 35.5. The predicted molar refractivity (Wildman–Crippen MR) is 108 cm³/mol. The van der Waals surface area contributed by atoms with Crippen LogP contribution >= 0.6 is 11.6 Å². The molecule has 28 heavy (non-hydrogen) atoms. The number of allylic oxidation sites excluding steroid dienone is 1. The maximum absolute atomic E-state index is 9.80. The van der Waals surface area contributed by atoms with Gasteiger partial charge < -0.3 is 10.5 Å². The second kappa shape index (κ2) is 7.41. The first-order valence-electron chi connectivity index (χ1n) is 9.14. The number of nitrogens with two attached hydrogens (primary N) is 1. The van der Waals surface area contributed by atoms with Crippen LogP contribution in [0.25, 0.3) is 5.69 Å². The van der Waals surface area contributed by atoms with E-state index in [9.17, 15) is 5.26 Å². The molecule has 5 nitrogen and oxygen atoms in total. The summed E-state index contributed by atoms with van der Waals surface area (Å²) in [5.74, 6) is 0.280. The van der Waals surface area contributed by atoms with Gasteiger partial charge in [0.15, 0.2) is 0 Å². The largest absolute Gasteiger partial charge is 0.422 e. The number of nitrogens with zero attached hydrogens (tertiary/aromatic N) is 3. The van der Waals surface area contributed by atoms with Gasteiger partial charge in [-0.05, 0) is 36.2 Å². The number of rotatable bonds is 4. The highest BCUT2D eigenvalue weighted by Crippen LogP contribution is 2.45. The zero-order chi connectivity index (χ0) is 19.7. The molecule has 0 spiro atoms. The summed E-state index contributed by atoms with van der Waals surface area (Å²) in [7, 11) is 0. The van der Waals surface area contributed by atoms with Crippen molar-refractivity contribution in [2.75, 3.05) is 0 Å². The van der Waals surface area contributed by atoms with Crippen LogP contribution in [-0.4, -0.2) is 9.78 Å². The lowest BCUT2D eigenvalue weighted by molar-refractivity contribution is 0.367. The van der Waals surface area contributed by atoms with Crippen molar-refractivity contribution in [2.24, 2.45) is 5.73 Å². The molecule has 140 valence electrons. The van der Waals surface area contributed by atoms with E-state index in [1.54, 1.807) is 4.68 Å². The third kappa shape index (κ3) is 3.02. The first-order chi connectivity index (χ1) is 13.6. The second-order valence-corrected chi connectivity index (χ2v) is 7.08. The van der Waals surface area contributed by atoms with Gasteiger partial charge in [-0.3, -0.25) is 0 Å². The molecule has 0 saturated heterocycles. The van der Waals surface area contributed by atoms with Crippen molar-refractivity contribution in [3.8, 4) is 17.6 Å². The minimum Gasteiger partial charge on any atom is -0.422 e. The highest BCUT2D eigenvalue weighted by Gasteiger charge is 2.36. The van der Waals surface area contributed by atoms with Crippen LogP contribution < -0.4 is 10.5 Å². The fraction of sp³-hybridized carbons (Fsp3) is 0.182. The van der Waals surface area contributed by atoms with E-state index in [0.717, 1.165) is 35.3 Å². The molecule has 2 aromatic carbocycles. The molecule has 0 radical (unpaired) electrons. The van der Waals surface area contributed by atoms with Crippen LogP contribution in [0, 0.1) is 11.3 Å². The number of para-hydroxylation sites is 1. The van der Waals surface area contributed by atoms with Gasteiger partial charge in [0, 0.05) is 5.02 Å². The Morgan fingerprint density at radius 3 is 2.68 bits per heavy atom. The lowest BCUT2D eigenvalue weighted by Gasteiger charge is -2.25. The summed E-state index contributed by atoms with van der Waals surface area (Å²) in [5.41, 5.74) is 10.1. The molecule has 0 bridgehead atoms. The first-order valence-corrected chi connectivity index (χ1v) is 9.52. The monoisotopic (exact) mass is 390 g/mol. The number of benzene rings is 2. The van der Waals surface area contributed by atoms with Crippen molar-refractivity contribution in [1.29, 1.82) is 5.26 Å². The van der Waals surface area contributed by atoms with E-state index in [0.29, 0.717) is 16.5 Å². The third-order valence-electron chi connectivity index (χ3n) is 4.79. The van der Waals surface area contributed by atoms with E-state index in [1.807, 2.05) is 54.6 Å². The van der Waals surface area contributed by atoms with Crippen LogP contribution in [-0.2, 0) is 6.42 Å². The summed E-state index contributed by atoms with van der Waals surface area (Å²) in [6, 6.07) is 19.5. The van der Waals surface area contributed by atoms with Gasteiger partial charge in [-0.1, -0.05) is 55.3 Å². The number of hydrogen-bond acceptors (Lipinski definition) is 4. The van der Waals surface area contributed by atoms with E-state index in [4.69, 9.17) is 27.2 Å². The van der Waals surface area contributed by atoms with Crippen molar-refractivity contribution in [3.05, 3.63) is 87.9 Å². The van der Waals surface area contributed by atoms with Gasteiger partial charge in [0.2, 0.25) is 11.8 Å². The average molecular weight is 391 g/mol. The lowest BCUT2D eigenvalue weighted by atomic mass is 9.83. The Morgan fingerprint density at radius 1 is 1.21 bits per heavy atom. The zero-order valence-corrected chi connectivity index (χ0v) is 16.1. The normalized spacial score (nSPS) is 15.7. The van der Waals surface area contributed by atoms with Crippen LogP contribution in [0.2, 0.25) is 5.02 Å². The van der Waals surface area contributed by atoms with Crippen molar-refractivity contribution < 1.29 is 4.74 Å². The van der Waals surface area contributed by atoms with Gasteiger partial charge in [-0.25, -0.2) is 4.68 Å². The fourth-order valence-corrected chi connectivity index (χ4v) is 3.80. The molecule has 1 atom stereocenters. The van der Waals surface area contributed by atoms with Crippen molar-refractivity contribution >= 4 is 11.6 Å². The number of nitriles is 1. The minimum atomic E-state index is -0.369. The molecule has 0 fully saturated rings. The van der Waals surface area contributed by atoms with Crippen molar-refractivity contribution in [1.82, 2.24) is 9.78 Å². The van der Waals surface area contributed by atoms with E-state index >= 15 is 0 Å². The first kappa shape index (κ1) is 18.1. The number of fused-ring (bicyclic) bond motifs is 1. The molecular weight excluding hydrogens is 372 g/mol. The molecule has 2 N–H and O–H groups in total. The number of halogens is 1. The van der Waals surface area contributed by atoms with Crippen LogP contribution in [0.4, 0.5) is 0 Å². The van der Waals surface area contributed by atoms with Gasteiger partial charge >= 0.3 is 0 Å². The Kier molecular flexibility index (Phi) is 4.81. The maximum atomic E-state index is 9.80. The van der Waals surface area contributed by atoms with Gasteiger partial charge in [-0.2, -0.15) is 10.4 Å². The van der Waals surface area contributed by atoms with Crippen molar-refractivity contribution in [3.63, 3.8) is 0 Å². The van der Waals surface area contributed by atoms with Gasteiger partial charge in [0.1, 0.15) is 11.6 Å².